The van der Waals surface area contributed by atoms with Crippen LogP contribution in [0.1, 0.15) is 88.0 Å². The van der Waals surface area contributed by atoms with Crippen molar-refractivity contribution in [3.05, 3.63) is 11.6 Å². The third kappa shape index (κ3) is 5.11. The summed E-state index contributed by atoms with van der Waals surface area (Å²) < 4.78 is 6.74. The summed E-state index contributed by atoms with van der Waals surface area (Å²) in [7, 11) is -2.18. The van der Waals surface area contributed by atoms with Crippen molar-refractivity contribution in [2.24, 2.45) is 0 Å². The van der Waals surface area contributed by atoms with Gasteiger partial charge < -0.3 is 4.43 Å². The lowest BCUT2D eigenvalue weighted by molar-refractivity contribution is -0.169. The van der Waals surface area contributed by atoms with Gasteiger partial charge in [0.2, 0.25) is 14.2 Å². The Hall–Kier alpha value is -0.943. The Labute approximate surface area is 167 Å². The maximum atomic E-state index is 12.9. The van der Waals surface area contributed by atoms with Gasteiger partial charge in [0.25, 0.3) is 5.91 Å². The van der Waals surface area contributed by atoms with Crippen LogP contribution in [0.25, 0.3) is 0 Å². The van der Waals surface area contributed by atoms with Gasteiger partial charge in [-0.25, -0.2) is 0 Å². The molecule has 0 bridgehead atoms. The number of hydrogen-bond acceptors (Lipinski definition) is 3. The van der Waals surface area contributed by atoms with Crippen LogP contribution in [0, 0.1) is 0 Å². The molecule has 4 nitrogen and oxygen atoms in total. The molecule has 0 unspecified atom stereocenters. The number of amides is 2. The molecule has 0 aliphatic carbocycles. The average Bonchev–Trinajstić information content (AvgIpc) is 2.53. The molecule has 27 heavy (non-hydrogen) atoms. The van der Waals surface area contributed by atoms with Gasteiger partial charge >= 0.3 is 0 Å². The highest BCUT2D eigenvalue weighted by molar-refractivity contribution is 6.77. The first-order chi connectivity index (χ1) is 12.5. The topological polar surface area (TPSA) is 46.6 Å². The molecule has 2 amide bonds. The fourth-order valence-corrected chi connectivity index (χ4v) is 10.2. The van der Waals surface area contributed by atoms with E-state index in [4.69, 9.17) is 4.43 Å². The Morgan fingerprint density at radius 1 is 1.07 bits per heavy atom. The Morgan fingerprint density at radius 3 is 2.00 bits per heavy atom. The average molecular weight is 396 g/mol. The van der Waals surface area contributed by atoms with E-state index in [1.54, 1.807) is 0 Å². The molecule has 156 valence electrons. The van der Waals surface area contributed by atoms with E-state index in [-0.39, 0.29) is 17.9 Å². The van der Waals surface area contributed by atoms with E-state index in [0.29, 0.717) is 23.0 Å². The molecule has 0 aromatic rings. The van der Waals surface area contributed by atoms with Crippen LogP contribution in [0.15, 0.2) is 11.6 Å². The lowest BCUT2D eigenvalue weighted by atomic mass is 9.95. The van der Waals surface area contributed by atoms with E-state index in [9.17, 15) is 9.59 Å². The number of allylic oxidation sites excluding steroid dienone is 1. The summed E-state index contributed by atoms with van der Waals surface area (Å²) >= 11 is 0. The molecule has 0 saturated carbocycles. The molecule has 0 N–H and O–H groups in total. The van der Waals surface area contributed by atoms with Crippen LogP contribution in [0.2, 0.25) is 16.6 Å². The van der Waals surface area contributed by atoms with E-state index < -0.39 is 14.4 Å². The fraction of sp³-hybridized carbons (Fsp3) is 0.818. The van der Waals surface area contributed by atoms with Crippen LogP contribution < -0.4 is 0 Å². The van der Waals surface area contributed by atoms with Crippen LogP contribution in [0.4, 0.5) is 0 Å². The van der Waals surface area contributed by atoms with Crippen molar-refractivity contribution in [3.63, 3.8) is 0 Å². The van der Waals surface area contributed by atoms with Gasteiger partial charge in [0.1, 0.15) is 6.10 Å². The number of unbranched alkanes of at least 4 members (excludes halogenated alkanes) is 2. The van der Waals surface area contributed by atoms with E-state index in [1.807, 2.05) is 19.9 Å². The van der Waals surface area contributed by atoms with Crippen molar-refractivity contribution in [1.82, 2.24) is 4.90 Å². The van der Waals surface area contributed by atoms with Crippen LogP contribution in [0.5, 0.6) is 0 Å². The maximum absolute atomic E-state index is 12.9. The molecule has 1 rings (SSSR count). The van der Waals surface area contributed by atoms with Crippen LogP contribution >= 0.6 is 0 Å². The Bertz CT molecular complexity index is 528. The first kappa shape index (κ1) is 24.1. The maximum Gasteiger partial charge on any atom is 0.260 e. The second kappa shape index (κ2) is 10.0. The van der Waals surface area contributed by atoms with Crippen molar-refractivity contribution in [3.8, 4) is 0 Å². The molecule has 1 saturated heterocycles. The van der Waals surface area contributed by atoms with Crippen molar-refractivity contribution < 1.29 is 14.0 Å². The molecule has 0 spiro atoms. The Kier molecular flexibility index (Phi) is 8.94. The van der Waals surface area contributed by atoms with Gasteiger partial charge in [-0.1, -0.05) is 73.0 Å². The number of β-lactam (4-membered cyclic amide) rings is 1. The van der Waals surface area contributed by atoms with Crippen molar-refractivity contribution in [2.45, 2.75) is 117 Å². The van der Waals surface area contributed by atoms with Crippen molar-refractivity contribution >= 4 is 20.1 Å². The lowest BCUT2D eigenvalue weighted by Crippen LogP contribution is -2.70. The third-order valence-electron chi connectivity index (χ3n) is 5.89. The predicted molar refractivity (Wildman–Crippen MR) is 115 cm³/mol. The quantitative estimate of drug-likeness (QED) is 0.202. The normalized spacial score (nSPS) is 20.4. The summed E-state index contributed by atoms with van der Waals surface area (Å²) in [6.07, 6.45) is 4.90. The molecule has 0 aromatic carbocycles. The molecule has 2 atom stereocenters. The smallest absolute Gasteiger partial charge is 0.260 e. The molecule has 0 radical (unpaired) electrons. The van der Waals surface area contributed by atoms with Crippen LogP contribution in [0.3, 0.4) is 0 Å². The number of rotatable bonds is 10. The molecule has 1 heterocycles. The first-order valence-electron chi connectivity index (χ1n) is 10.7. The molecule has 1 aliphatic rings. The van der Waals surface area contributed by atoms with Crippen molar-refractivity contribution in [2.75, 3.05) is 0 Å². The number of imide groups is 1. The highest BCUT2D eigenvalue weighted by Gasteiger charge is 2.56. The summed E-state index contributed by atoms with van der Waals surface area (Å²) in [5, 5.41) is 0. The lowest BCUT2D eigenvalue weighted by Gasteiger charge is -2.51. The molecule has 1 aliphatic heterocycles. The number of nitrogens with zero attached hydrogens (tertiary/aromatic N) is 1. The molecule has 0 aromatic heterocycles. The Morgan fingerprint density at radius 2 is 1.59 bits per heavy atom. The number of likely N-dealkylation sites (tertiary alicyclic amines) is 1. The first-order valence-corrected chi connectivity index (χ1v) is 12.8. The van der Waals surface area contributed by atoms with Crippen LogP contribution in [-0.4, -0.2) is 37.2 Å². The second-order valence-electron chi connectivity index (χ2n) is 9.15. The highest BCUT2D eigenvalue weighted by atomic mass is 28.4. The molecular formula is C22H41NO3Si. The minimum atomic E-state index is -2.18. The summed E-state index contributed by atoms with van der Waals surface area (Å²) in [6.45, 7) is 19.5. The number of carbonyl (C=O) groups excluding carboxylic acids is 2. The van der Waals surface area contributed by atoms with Gasteiger partial charge in [0.15, 0.2) is 0 Å². The Balaban J connectivity index is 3.11. The summed E-state index contributed by atoms with van der Waals surface area (Å²) in [4.78, 5) is 27.0. The zero-order valence-corrected chi connectivity index (χ0v) is 20.0. The summed E-state index contributed by atoms with van der Waals surface area (Å²) in [6, 6.07) is -0.250. The van der Waals surface area contributed by atoms with Crippen LogP contribution in [-0.2, 0) is 14.0 Å². The number of carbonyl (C=O) groups is 2. The molecule has 5 heteroatoms. The van der Waals surface area contributed by atoms with Gasteiger partial charge in [0, 0.05) is 6.42 Å². The van der Waals surface area contributed by atoms with Gasteiger partial charge in [0.05, 0.1) is 6.04 Å². The van der Waals surface area contributed by atoms with Crippen molar-refractivity contribution in [1.29, 1.82) is 0 Å². The monoisotopic (exact) mass is 395 g/mol. The van der Waals surface area contributed by atoms with E-state index in [0.717, 1.165) is 24.8 Å². The molecule has 1 fully saturated rings. The highest BCUT2D eigenvalue weighted by Crippen LogP contribution is 2.45. The van der Waals surface area contributed by atoms with Gasteiger partial charge in [-0.3, -0.25) is 14.5 Å². The largest absolute Gasteiger partial charge is 0.402 e. The van der Waals surface area contributed by atoms with Gasteiger partial charge in [-0.15, -0.1) is 0 Å². The minimum absolute atomic E-state index is 0.0540. The summed E-state index contributed by atoms with van der Waals surface area (Å²) in [5.41, 5.74) is 2.34. The predicted octanol–water partition coefficient (Wildman–Crippen LogP) is 5.83. The zero-order chi connectivity index (χ0) is 20.9. The number of hydrogen-bond donors (Lipinski definition) is 0. The SMILES string of the molecule is CCCCCC(=O)N1C(=O)[C@H](O[Si](C(C)C)(C(C)C)C(C)C)[C@@H]1C=C(C)C. The van der Waals surface area contributed by atoms with E-state index >= 15 is 0 Å². The summed E-state index contributed by atoms with van der Waals surface area (Å²) in [5.74, 6) is -0.195. The fourth-order valence-electron chi connectivity index (χ4n) is 4.67. The van der Waals surface area contributed by atoms with Gasteiger partial charge in [-0.2, -0.15) is 0 Å². The standard InChI is InChI=1S/C22H41NO3Si/c1-10-11-12-13-20(24)23-19(14-15(2)3)21(22(23)25)26-27(16(4)5,17(6)7)18(8)9/h14,16-19,21H,10-13H2,1-9H3/t19-,21+/m0/s1. The minimum Gasteiger partial charge on any atom is -0.402 e. The third-order valence-corrected chi connectivity index (χ3v) is 12.0. The van der Waals surface area contributed by atoms with Gasteiger partial charge in [-0.05, 0) is 36.9 Å². The zero-order valence-electron chi connectivity index (χ0n) is 19.0. The van der Waals surface area contributed by atoms with E-state index in [1.165, 1.54) is 4.90 Å². The second-order valence-corrected chi connectivity index (χ2v) is 14.6. The van der Waals surface area contributed by atoms with E-state index in [2.05, 4.69) is 48.5 Å². The molecular weight excluding hydrogens is 354 g/mol.